The number of hydrazone groups is 2. The summed E-state index contributed by atoms with van der Waals surface area (Å²) < 4.78 is 0. The molecule has 0 spiro atoms. The van der Waals surface area contributed by atoms with Crippen molar-refractivity contribution in [2.75, 3.05) is 32.7 Å². The van der Waals surface area contributed by atoms with Crippen molar-refractivity contribution in [3.05, 3.63) is 0 Å². The van der Waals surface area contributed by atoms with Gasteiger partial charge in [0.25, 0.3) is 0 Å². The molecule has 4 N–H and O–H groups in total. The van der Waals surface area contributed by atoms with Gasteiger partial charge in [0, 0.05) is 13.1 Å². The first-order valence-electron chi connectivity index (χ1n) is 9.27. The van der Waals surface area contributed by atoms with Gasteiger partial charge in [-0.1, -0.05) is 13.8 Å². The minimum Gasteiger partial charge on any atom is -0.361 e. The zero-order chi connectivity index (χ0) is 19.4. The Balaban J connectivity index is 2.21. The molecule has 7 nitrogen and oxygen atoms in total. The quantitative estimate of drug-likeness (QED) is 0.204. The molecule has 0 amide bonds. The molecule has 1 rings (SSSR count). The van der Waals surface area contributed by atoms with E-state index >= 15 is 0 Å². The minimum atomic E-state index is 0.508. The standard InChI is InChI=1S/C17H33N7S2/c1-13(2)12-19-17(26)23-21-15(4)14(3)20-22-16(25)18-8-7-11-24-9-5-6-10-24/h13H,5-12H2,1-4H3,(H2,18,22,25)(H2,19,23,26)/b20-14-,21-15-. The van der Waals surface area contributed by atoms with Gasteiger partial charge < -0.3 is 15.5 Å². The SMILES string of the molecule is CC(=N/NC(=S)NCCCN1CCCC1)/C(C)=N\NC(=S)NCC(C)C. The molecule has 0 unspecified atom stereocenters. The number of likely N-dealkylation sites (tertiary alicyclic amines) is 1. The van der Waals surface area contributed by atoms with Gasteiger partial charge in [0.2, 0.25) is 0 Å². The fourth-order valence-corrected chi connectivity index (χ4v) is 2.59. The predicted molar refractivity (Wildman–Crippen MR) is 119 cm³/mol. The van der Waals surface area contributed by atoms with E-state index in [1.807, 2.05) is 13.8 Å². The number of hydrogen-bond donors (Lipinski definition) is 4. The monoisotopic (exact) mass is 399 g/mol. The van der Waals surface area contributed by atoms with Crippen LogP contribution in [0.4, 0.5) is 0 Å². The summed E-state index contributed by atoms with van der Waals surface area (Å²) in [7, 11) is 0. The van der Waals surface area contributed by atoms with Crippen molar-refractivity contribution in [3.8, 4) is 0 Å². The van der Waals surface area contributed by atoms with Gasteiger partial charge in [-0.25, -0.2) is 0 Å². The van der Waals surface area contributed by atoms with E-state index in [0.29, 0.717) is 16.1 Å². The largest absolute Gasteiger partial charge is 0.361 e. The maximum absolute atomic E-state index is 5.24. The zero-order valence-corrected chi connectivity index (χ0v) is 18.0. The summed E-state index contributed by atoms with van der Waals surface area (Å²) in [5.41, 5.74) is 7.16. The third-order valence-electron chi connectivity index (χ3n) is 3.98. The van der Waals surface area contributed by atoms with E-state index in [2.05, 4.69) is 50.4 Å². The molecule has 9 heteroatoms. The van der Waals surface area contributed by atoms with E-state index in [1.54, 1.807) is 0 Å². The fourth-order valence-electron chi connectivity index (χ4n) is 2.32. The first kappa shape index (κ1) is 22.7. The van der Waals surface area contributed by atoms with Crippen LogP contribution in [0.25, 0.3) is 0 Å². The first-order valence-corrected chi connectivity index (χ1v) is 10.1. The van der Waals surface area contributed by atoms with Crippen LogP contribution in [0.2, 0.25) is 0 Å². The van der Waals surface area contributed by atoms with Crippen molar-refractivity contribution >= 4 is 46.1 Å². The second-order valence-corrected chi connectivity index (χ2v) is 7.70. The average molecular weight is 400 g/mol. The molecular weight excluding hydrogens is 366 g/mol. The van der Waals surface area contributed by atoms with Crippen molar-refractivity contribution in [2.24, 2.45) is 16.1 Å². The van der Waals surface area contributed by atoms with E-state index in [0.717, 1.165) is 37.5 Å². The van der Waals surface area contributed by atoms with Crippen LogP contribution in [0, 0.1) is 5.92 Å². The van der Waals surface area contributed by atoms with Gasteiger partial charge in [0.1, 0.15) is 0 Å². The Bertz CT molecular complexity index is 511. The van der Waals surface area contributed by atoms with E-state index in [1.165, 1.54) is 25.9 Å². The Morgan fingerprint density at radius 3 is 2.04 bits per heavy atom. The number of nitrogens with one attached hydrogen (secondary N) is 4. The summed E-state index contributed by atoms with van der Waals surface area (Å²) in [5, 5.41) is 15.8. The maximum Gasteiger partial charge on any atom is 0.186 e. The van der Waals surface area contributed by atoms with Gasteiger partial charge >= 0.3 is 0 Å². The molecule has 0 saturated carbocycles. The summed E-state index contributed by atoms with van der Waals surface area (Å²) in [6, 6.07) is 0. The lowest BCUT2D eigenvalue weighted by Crippen LogP contribution is -2.36. The highest BCUT2D eigenvalue weighted by atomic mass is 32.1. The summed E-state index contributed by atoms with van der Waals surface area (Å²) in [6.45, 7) is 13.2. The van der Waals surface area contributed by atoms with Crippen molar-refractivity contribution in [1.82, 2.24) is 26.4 Å². The molecule has 1 fully saturated rings. The summed E-state index contributed by atoms with van der Waals surface area (Å²) in [6.07, 6.45) is 3.74. The molecule has 0 aromatic carbocycles. The van der Waals surface area contributed by atoms with Crippen LogP contribution in [0.3, 0.4) is 0 Å². The molecule has 0 bridgehead atoms. The van der Waals surface area contributed by atoms with Crippen LogP contribution in [-0.2, 0) is 0 Å². The number of rotatable bonds is 9. The second kappa shape index (κ2) is 12.9. The third-order valence-corrected chi connectivity index (χ3v) is 4.45. The Hall–Kier alpha value is -1.32. The molecule has 26 heavy (non-hydrogen) atoms. The van der Waals surface area contributed by atoms with Gasteiger partial charge in [-0.05, 0) is 83.1 Å². The van der Waals surface area contributed by atoms with Crippen molar-refractivity contribution < 1.29 is 0 Å². The molecule has 0 atom stereocenters. The molecule has 1 aliphatic heterocycles. The summed E-state index contributed by atoms with van der Waals surface area (Å²) in [5.74, 6) is 0.524. The fraction of sp³-hybridized carbons (Fsp3) is 0.765. The van der Waals surface area contributed by atoms with Crippen molar-refractivity contribution in [2.45, 2.75) is 47.0 Å². The normalized spacial score (nSPS) is 15.9. The van der Waals surface area contributed by atoms with Crippen LogP contribution >= 0.6 is 24.4 Å². The minimum absolute atomic E-state index is 0.508. The van der Waals surface area contributed by atoms with E-state index < -0.39 is 0 Å². The highest BCUT2D eigenvalue weighted by Crippen LogP contribution is 2.06. The van der Waals surface area contributed by atoms with Gasteiger partial charge in [0.05, 0.1) is 11.4 Å². The summed E-state index contributed by atoms with van der Waals surface area (Å²) >= 11 is 10.4. The van der Waals surface area contributed by atoms with Crippen LogP contribution < -0.4 is 21.5 Å². The van der Waals surface area contributed by atoms with Gasteiger partial charge in [-0.2, -0.15) is 10.2 Å². The average Bonchev–Trinajstić information content (AvgIpc) is 3.12. The highest BCUT2D eigenvalue weighted by Gasteiger charge is 2.10. The Labute approximate surface area is 168 Å². The number of nitrogens with zero attached hydrogens (tertiary/aromatic N) is 3. The van der Waals surface area contributed by atoms with Crippen LogP contribution in [0.1, 0.15) is 47.0 Å². The zero-order valence-electron chi connectivity index (χ0n) is 16.4. The molecule has 1 aliphatic rings. The topological polar surface area (TPSA) is 76.1 Å². The molecule has 0 aliphatic carbocycles. The molecule has 148 valence electrons. The number of thiocarbonyl (C=S) groups is 2. The van der Waals surface area contributed by atoms with Gasteiger partial charge in [0.15, 0.2) is 10.2 Å². The highest BCUT2D eigenvalue weighted by molar-refractivity contribution is 7.80. The second-order valence-electron chi connectivity index (χ2n) is 6.88. The van der Waals surface area contributed by atoms with Crippen LogP contribution in [0.15, 0.2) is 10.2 Å². The lowest BCUT2D eigenvalue weighted by Gasteiger charge is -2.14. The van der Waals surface area contributed by atoms with Crippen molar-refractivity contribution in [1.29, 1.82) is 0 Å². The van der Waals surface area contributed by atoms with E-state index in [-0.39, 0.29) is 0 Å². The maximum atomic E-state index is 5.24. The van der Waals surface area contributed by atoms with E-state index in [9.17, 15) is 0 Å². The Morgan fingerprint density at radius 1 is 0.962 bits per heavy atom. The van der Waals surface area contributed by atoms with Gasteiger partial charge in [-0.15, -0.1) is 0 Å². The Kier molecular flexibility index (Phi) is 11.3. The Morgan fingerprint density at radius 2 is 1.50 bits per heavy atom. The number of hydrogen-bond acceptors (Lipinski definition) is 5. The summed E-state index contributed by atoms with van der Waals surface area (Å²) in [4.78, 5) is 2.49. The first-order chi connectivity index (χ1) is 12.4. The van der Waals surface area contributed by atoms with Gasteiger partial charge in [-0.3, -0.25) is 10.9 Å². The lowest BCUT2D eigenvalue weighted by atomic mass is 10.2. The molecule has 0 aromatic heterocycles. The third kappa shape index (κ3) is 10.6. The lowest BCUT2D eigenvalue weighted by molar-refractivity contribution is 0.334. The van der Waals surface area contributed by atoms with Crippen LogP contribution in [0.5, 0.6) is 0 Å². The van der Waals surface area contributed by atoms with E-state index in [4.69, 9.17) is 24.4 Å². The molecule has 1 heterocycles. The predicted octanol–water partition coefficient (Wildman–Crippen LogP) is 1.81. The molecule has 1 saturated heterocycles. The molecular formula is C17H33N7S2. The van der Waals surface area contributed by atoms with Crippen molar-refractivity contribution in [3.63, 3.8) is 0 Å². The smallest absolute Gasteiger partial charge is 0.186 e. The molecule has 0 aromatic rings. The molecule has 0 radical (unpaired) electrons. The van der Waals surface area contributed by atoms with Crippen LogP contribution in [-0.4, -0.2) is 59.3 Å².